The van der Waals surface area contributed by atoms with Gasteiger partial charge < -0.3 is 11.1 Å². The Hall–Kier alpha value is -1.62. The summed E-state index contributed by atoms with van der Waals surface area (Å²) in [5.74, 6) is 0.538. The third kappa shape index (κ3) is 5.71. The van der Waals surface area contributed by atoms with Crippen LogP contribution in [-0.4, -0.2) is 48.1 Å². The van der Waals surface area contributed by atoms with Crippen LogP contribution in [0.25, 0.3) is 0 Å². The topological polar surface area (TPSA) is 66.5 Å². The van der Waals surface area contributed by atoms with Crippen molar-refractivity contribution in [3.63, 3.8) is 0 Å². The number of nitrogens with zero attached hydrogens (tertiary/aromatic N) is 3. The van der Waals surface area contributed by atoms with E-state index in [0.29, 0.717) is 12.0 Å². The monoisotopic (exact) mass is 289 g/mol. The first-order valence-corrected chi connectivity index (χ1v) is 7.93. The van der Waals surface area contributed by atoms with E-state index in [-0.39, 0.29) is 0 Å². The predicted molar refractivity (Wildman–Crippen MR) is 87.3 cm³/mol. The van der Waals surface area contributed by atoms with E-state index in [2.05, 4.69) is 27.1 Å². The van der Waals surface area contributed by atoms with Gasteiger partial charge in [-0.3, -0.25) is 14.9 Å². The highest BCUT2D eigenvalue weighted by Crippen LogP contribution is 2.15. The van der Waals surface area contributed by atoms with Crippen LogP contribution < -0.4 is 11.1 Å². The van der Waals surface area contributed by atoms with Gasteiger partial charge in [0, 0.05) is 37.4 Å². The average Bonchev–Trinajstić information content (AvgIpc) is 2.50. The molecule has 0 bridgehead atoms. The summed E-state index contributed by atoms with van der Waals surface area (Å²) in [6, 6.07) is 6.63. The van der Waals surface area contributed by atoms with Gasteiger partial charge in [0.05, 0.1) is 6.54 Å². The molecule has 0 spiro atoms. The van der Waals surface area contributed by atoms with E-state index in [0.717, 1.165) is 31.7 Å². The largest absolute Gasteiger partial charge is 0.370 e. The first-order chi connectivity index (χ1) is 10.3. The lowest BCUT2D eigenvalue weighted by atomic mass is 10.0. The second kappa shape index (κ2) is 8.62. The molecule has 1 aromatic rings. The van der Waals surface area contributed by atoms with E-state index in [4.69, 9.17) is 5.73 Å². The van der Waals surface area contributed by atoms with Crippen molar-refractivity contribution < 1.29 is 0 Å². The van der Waals surface area contributed by atoms with E-state index in [1.165, 1.54) is 25.8 Å². The SMILES string of the molecule is CC1CCCCN1CCN=C(N)NCCc1ccccn1. The van der Waals surface area contributed by atoms with Crippen LogP contribution in [0.4, 0.5) is 0 Å². The highest BCUT2D eigenvalue weighted by Gasteiger charge is 2.16. The van der Waals surface area contributed by atoms with Gasteiger partial charge in [-0.1, -0.05) is 12.5 Å². The summed E-state index contributed by atoms with van der Waals surface area (Å²) in [6.07, 6.45) is 6.65. The predicted octanol–water partition coefficient (Wildman–Crippen LogP) is 1.40. The molecule has 5 nitrogen and oxygen atoms in total. The minimum atomic E-state index is 0.538. The lowest BCUT2D eigenvalue weighted by Gasteiger charge is -2.32. The normalized spacial score (nSPS) is 20.4. The maximum atomic E-state index is 5.89. The fourth-order valence-electron chi connectivity index (χ4n) is 2.71. The van der Waals surface area contributed by atoms with Gasteiger partial charge >= 0.3 is 0 Å². The van der Waals surface area contributed by atoms with Gasteiger partial charge in [0.1, 0.15) is 0 Å². The van der Waals surface area contributed by atoms with E-state index in [1.54, 1.807) is 0 Å². The maximum Gasteiger partial charge on any atom is 0.188 e. The highest BCUT2D eigenvalue weighted by atomic mass is 15.2. The standard InChI is InChI=1S/C16H27N5/c1-14-6-3-5-12-21(14)13-11-20-16(17)19-10-8-15-7-2-4-9-18-15/h2,4,7,9,14H,3,5-6,8,10-13H2,1H3,(H3,17,19,20). The van der Waals surface area contributed by atoms with Gasteiger partial charge in [-0.25, -0.2) is 0 Å². The molecule has 116 valence electrons. The summed E-state index contributed by atoms with van der Waals surface area (Å²) in [6.45, 7) is 6.05. The second-order valence-electron chi connectivity index (χ2n) is 5.65. The number of guanidine groups is 1. The van der Waals surface area contributed by atoms with Crippen molar-refractivity contribution in [1.82, 2.24) is 15.2 Å². The zero-order valence-electron chi connectivity index (χ0n) is 13.0. The van der Waals surface area contributed by atoms with Crippen molar-refractivity contribution in [3.05, 3.63) is 30.1 Å². The van der Waals surface area contributed by atoms with E-state index in [1.807, 2.05) is 24.4 Å². The molecule has 0 radical (unpaired) electrons. The number of piperidine rings is 1. The van der Waals surface area contributed by atoms with Crippen LogP contribution in [0.3, 0.4) is 0 Å². The number of nitrogens with one attached hydrogen (secondary N) is 1. The molecule has 1 aliphatic heterocycles. The van der Waals surface area contributed by atoms with Crippen LogP contribution in [0, 0.1) is 0 Å². The lowest BCUT2D eigenvalue weighted by molar-refractivity contribution is 0.166. The fraction of sp³-hybridized carbons (Fsp3) is 0.625. The van der Waals surface area contributed by atoms with Crippen LogP contribution in [0.5, 0.6) is 0 Å². The van der Waals surface area contributed by atoms with Gasteiger partial charge in [-0.15, -0.1) is 0 Å². The van der Waals surface area contributed by atoms with Crippen molar-refractivity contribution >= 4 is 5.96 Å². The molecule has 1 aliphatic rings. The minimum absolute atomic E-state index is 0.538. The molecule has 1 unspecified atom stereocenters. The quantitative estimate of drug-likeness (QED) is 0.614. The number of likely N-dealkylation sites (tertiary alicyclic amines) is 1. The summed E-state index contributed by atoms with van der Waals surface area (Å²) in [5, 5.41) is 3.15. The Morgan fingerprint density at radius 3 is 3.14 bits per heavy atom. The Morgan fingerprint density at radius 1 is 1.48 bits per heavy atom. The smallest absolute Gasteiger partial charge is 0.188 e. The van der Waals surface area contributed by atoms with Gasteiger partial charge in [-0.2, -0.15) is 0 Å². The molecule has 1 saturated heterocycles. The van der Waals surface area contributed by atoms with Crippen LogP contribution in [0.1, 0.15) is 31.9 Å². The number of aliphatic imine (C=N–C) groups is 1. The van der Waals surface area contributed by atoms with Crippen molar-refractivity contribution in [2.75, 3.05) is 26.2 Å². The molecule has 0 aliphatic carbocycles. The van der Waals surface area contributed by atoms with Crippen molar-refractivity contribution in [1.29, 1.82) is 0 Å². The van der Waals surface area contributed by atoms with Gasteiger partial charge in [0.25, 0.3) is 0 Å². The summed E-state index contributed by atoms with van der Waals surface area (Å²) in [4.78, 5) is 11.2. The molecule has 1 fully saturated rings. The number of hydrogen-bond donors (Lipinski definition) is 2. The number of hydrogen-bond acceptors (Lipinski definition) is 3. The third-order valence-corrected chi connectivity index (χ3v) is 4.02. The molecule has 21 heavy (non-hydrogen) atoms. The molecule has 0 aromatic carbocycles. The summed E-state index contributed by atoms with van der Waals surface area (Å²) in [5.41, 5.74) is 6.96. The van der Waals surface area contributed by atoms with Crippen LogP contribution in [0.2, 0.25) is 0 Å². The van der Waals surface area contributed by atoms with E-state index in [9.17, 15) is 0 Å². The number of rotatable bonds is 6. The molecule has 2 rings (SSSR count). The van der Waals surface area contributed by atoms with Crippen molar-refractivity contribution in [2.45, 2.75) is 38.6 Å². The molecule has 5 heteroatoms. The zero-order chi connectivity index (χ0) is 14.9. The molecule has 0 amide bonds. The van der Waals surface area contributed by atoms with Gasteiger partial charge in [-0.05, 0) is 38.4 Å². The molecule has 2 heterocycles. The third-order valence-electron chi connectivity index (χ3n) is 4.02. The fourth-order valence-corrected chi connectivity index (χ4v) is 2.71. The first-order valence-electron chi connectivity index (χ1n) is 7.93. The first kappa shape index (κ1) is 15.8. The summed E-state index contributed by atoms with van der Waals surface area (Å²) in [7, 11) is 0. The molecular weight excluding hydrogens is 262 g/mol. The Balaban J connectivity index is 1.62. The second-order valence-corrected chi connectivity index (χ2v) is 5.65. The van der Waals surface area contributed by atoms with Crippen LogP contribution in [-0.2, 0) is 6.42 Å². The molecule has 1 atom stereocenters. The van der Waals surface area contributed by atoms with E-state index >= 15 is 0 Å². The van der Waals surface area contributed by atoms with Gasteiger partial charge in [0.15, 0.2) is 5.96 Å². The Bertz CT molecular complexity index is 432. The summed E-state index contributed by atoms with van der Waals surface area (Å²) < 4.78 is 0. The van der Waals surface area contributed by atoms with Crippen LogP contribution >= 0.6 is 0 Å². The number of nitrogens with two attached hydrogens (primary N) is 1. The zero-order valence-corrected chi connectivity index (χ0v) is 13.0. The van der Waals surface area contributed by atoms with E-state index < -0.39 is 0 Å². The summed E-state index contributed by atoms with van der Waals surface area (Å²) >= 11 is 0. The van der Waals surface area contributed by atoms with Crippen molar-refractivity contribution in [3.8, 4) is 0 Å². The molecular formula is C16H27N5. The highest BCUT2D eigenvalue weighted by molar-refractivity contribution is 5.77. The Kier molecular flexibility index (Phi) is 6.47. The molecule has 0 saturated carbocycles. The minimum Gasteiger partial charge on any atom is -0.370 e. The van der Waals surface area contributed by atoms with Crippen molar-refractivity contribution in [2.24, 2.45) is 10.7 Å². The Labute approximate surface area is 127 Å². The van der Waals surface area contributed by atoms with Crippen LogP contribution in [0.15, 0.2) is 29.4 Å². The number of pyridine rings is 1. The Morgan fingerprint density at radius 2 is 2.38 bits per heavy atom. The molecule has 3 N–H and O–H groups in total. The lowest BCUT2D eigenvalue weighted by Crippen LogP contribution is -2.40. The van der Waals surface area contributed by atoms with Gasteiger partial charge in [0.2, 0.25) is 0 Å². The average molecular weight is 289 g/mol. The maximum absolute atomic E-state index is 5.89. The molecule has 1 aromatic heterocycles. The number of aromatic nitrogens is 1.